The van der Waals surface area contributed by atoms with Gasteiger partial charge in [-0.3, -0.25) is 14.3 Å². The number of pyridine rings is 2. The summed E-state index contributed by atoms with van der Waals surface area (Å²) < 4.78 is 1.88. The quantitative estimate of drug-likeness (QED) is 0.489. The maximum Gasteiger partial charge on any atom is 0.267 e. The summed E-state index contributed by atoms with van der Waals surface area (Å²) in [6, 6.07) is 7.27. The van der Waals surface area contributed by atoms with Crippen molar-refractivity contribution in [3.05, 3.63) is 54.9 Å². The zero-order valence-electron chi connectivity index (χ0n) is 16.6. The van der Waals surface area contributed by atoms with Gasteiger partial charge in [-0.1, -0.05) is 0 Å². The van der Waals surface area contributed by atoms with Gasteiger partial charge < -0.3 is 21.3 Å². The summed E-state index contributed by atoms with van der Waals surface area (Å²) in [4.78, 5) is 37.3. The van der Waals surface area contributed by atoms with Crippen molar-refractivity contribution >= 4 is 34.5 Å². The van der Waals surface area contributed by atoms with Gasteiger partial charge in [0.05, 0.1) is 17.6 Å². The fourth-order valence-electron chi connectivity index (χ4n) is 3.63. The Morgan fingerprint density at radius 1 is 0.903 bits per heavy atom. The van der Waals surface area contributed by atoms with E-state index in [9.17, 15) is 4.79 Å². The number of rotatable bonds is 4. The molecule has 1 saturated heterocycles. The molecule has 1 aliphatic heterocycles. The number of nitrogens with two attached hydrogens (primary N) is 2. The second-order valence-electron chi connectivity index (χ2n) is 7.14. The standard InChI is InChI=1S/C20H20N10O/c21-17-16-19(30(12-25-16)13-3-5-23-6-4-13)27-20(26-17)29-9-7-28(8-10-29)14-1-2-15(18(22)31)24-11-14/h1-6,11-12H,7-10H2,(H2,22,31)(H2,21,26,27). The van der Waals surface area contributed by atoms with Crippen molar-refractivity contribution < 1.29 is 4.79 Å². The van der Waals surface area contributed by atoms with Gasteiger partial charge >= 0.3 is 0 Å². The first-order valence-electron chi connectivity index (χ1n) is 9.77. The maximum absolute atomic E-state index is 11.2. The predicted molar refractivity (Wildman–Crippen MR) is 116 cm³/mol. The van der Waals surface area contributed by atoms with Crippen molar-refractivity contribution in [3.8, 4) is 5.69 Å². The lowest BCUT2D eigenvalue weighted by Gasteiger charge is -2.36. The number of hydrogen-bond acceptors (Lipinski definition) is 9. The van der Waals surface area contributed by atoms with E-state index in [0.717, 1.165) is 24.5 Å². The highest BCUT2D eigenvalue weighted by Gasteiger charge is 2.22. The maximum atomic E-state index is 11.2. The molecule has 5 rings (SSSR count). The Morgan fingerprint density at radius 3 is 2.32 bits per heavy atom. The normalized spacial score (nSPS) is 14.2. The van der Waals surface area contributed by atoms with Crippen LogP contribution in [0.5, 0.6) is 0 Å². The molecule has 0 saturated carbocycles. The molecule has 11 nitrogen and oxygen atoms in total. The van der Waals surface area contributed by atoms with Crippen molar-refractivity contribution in [1.82, 2.24) is 29.5 Å². The molecule has 31 heavy (non-hydrogen) atoms. The number of imidazole rings is 1. The number of nitrogen functional groups attached to an aromatic ring is 1. The summed E-state index contributed by atoms with van der Waals surface area (Å²) in [7, 11) is 0. The Hall–Kier alpha value is -4.28. The first-order chi connectivity index (χ1) is 15.1. The van der Waals surface area contributed by atoms with Crippen LogP contribution in [0.1, 0.15) is 10.5 Å². The molecular formula is C20H20N10O. The monoisotopic (exact) mass is 416 g/mol. The average molecular weight is 416 g/mol. The van der Waals surface area contributed by atoms with Gasteiger partial charge in [-0.25, -0.2) is 9.97 Å². The Bertz CT molecular complexity index is 1230. The van der Waals surface area contributed by atoms with E-state index < -0.39 is 5.91 Å². The molecular weight excluding hydrogens is 396 g/mol. The summed E-state index contributed by atoms with van der Waals surface area (Å²) in [5.41, 5.74) is 14.8. The molecule has 0 aliphatic carbocycles. The Kier molecular flexibility index (Phi) is 4.54. The fourth-order valence-corrected chi connectivity index (χ4v) is 3.63. The number of hydrogen-bond donors (Lipinski definition) is 2. The minimum Gasteiger partial charge on any atom is -0.382 e. The largest absolute Gasteiger partial charge is 0.382 e. The van der Waals surface area contributed by atoms with Gasteiger partial charge in [-0.15, -0.1) is 0 Å². The summed E-state index contributed by atoms with van der Waals surface area (Å²) in [5, 5.41) is 0. The Balaban J connectivity index is 1.37. The number of aromatic nitrogens is 6. The number of piperazine rings is 1. The van der Waals surface area contributed by atoms with Crippen LogP contribution in [0, 0.1) is 0 Å². The zero-order chi connectivity index (χ0) is 21.4. The minimum atomic E-state index is -0.535. The summed E-state index contributed by atoms with van der Waals surface area (Å²) in [6.45, 7) is 2.93. The second-order valence-corrected chi connectivity index (χ2v) is 7.14. The molecule has 4 aromatic heterocycles. The molecule has 5 heterocycles. The van der Waals surface area contributed by atoms with Crippen LogP contribution >= 0.6 is 0 Å². The molecule has 4 N–H and O–H groups in total. The Labute approximate surface area is 177 Å². The third kappa shape index (κ3) is 3.45. The van der Waals surface area contributed by atoms with Gasteiger partial charge in [0, 0.05) is 38.6 Å². The van der Waals surface area contributed by atoms with E-state index in [1.54, 1.807) is 31.0 Å². The highest BCUT2D eigenvalue weighted by Crippen LogP contribution is 2.24. The highest BCUT2D eigenvalue weighted by molar-refractivity contribution is 5.90. The molecule has 1 aliphatic rings. The molecule has 1 fully saturated rings. The van der Waals surface area contributed by atoms with Crippen LogP contribution in [0.2, 0.25) is 0 Å². The predicted octanol–water partition coefficient (Wildman–Crippen LogP) is 0.613. The van der Waals surface area contributed by atoms with Gasteiger partial charge in [0.25, 0.3) is 5.91 Å². The number of nitrogens with zero attached hydrogens (tertiary/aromatic N) is 8. The third-order valence-corrected chi connectivity index (χ3v) is 5.28. The van der Waals surface area contributed by atoms with E-state index in [0.29, 0.717) is 36.0 Å². The summed E-state index contributed by atoms with van der Waals surface area (Å²) in [6.07, 6.45) is 6.80. The SMILES string of the molecule is NC(=O)c1ccc(N2CCN(c3nc(N)c4ncn(-c5ccncc5)c4n3)CC2)cn1. The van der Waals surface area contributed by atoms with Crippen molar-refractivity contribution in [2.75, 3.05) is 41.7 Å². The van der Waals surface area contributed by atoms with Crippen LogP contribution in [0.15, 0.2) is 49.2 Å². The molecule has 0 atom stereocenters. The van der Waals surface area contributed by atoms with E-state index in [4.69, 9.17) is 16.5 Å². The Morgan fingerprint density at radius 2 is 1.65 bits per heavy atom. The van der Waals surface area contributed by atoms with Crippen molar-refractivity contribution in [1.29, 1.82) is 0 Å². The molecule has 0 aromatic carbocycles. The van der Waals surface area contributed by atoms with Crippen LogP contribution in [0.25, 0.3) is 16.9 Å². The minimum absolute atomic E-state index is 0.255. The van der Waals surface area contributed by atoms with Gasteiger partial charge in [0.15, 0.2) is 17.0 Å². The van der Waals surface area contributed by atoms with Crippen molar-refractivity contribution in [2.24, 2.45) is 5.73 Å². The lowest BCUT2D eigenvalue weighted by molar-refractivity contribution is 0.0995. The fraction of sp³-hybridized carbons (Fsp3) is 0.200. The lowest BCUT2D eigenvalue weighted by Crippen LogP contribution is -2.47. The van der Waals surface area contributed by atoms with Gasteiger partial charge in [-0.2, -0.15) is 9.97 Å². The summed E-state index contributed by atoms with van der Waals surface area (Å²) >= 11 is 0. The van der Waals surface area contributed by atoms with Crippen LogP contribution in [-0.2, 0) is 0 Å². The molecule has 0 unspecified atom stereocenters. The molecule has 0 radical (unpaired) electrons. The first kappa shape index (κ1) is 18.7. The van der Waals surface area contributed by atoms with Gasteiger partial charge in [0.1, 0.15) is 12.0 Å². The lowest BCUT2D eigenvalue weighted by atomic mass is 10.2. The third-order valence-electron chi connectivity index (χ3n) is 5.28. The second kappa shape index (κ2) is 7.52. The zero-order valence-corrected chi connectivity index (χ0v) is 16.6. The number of carbonyl (C=O) groups is 1. The highest BCUT2D eigenvalue weighted by atomic mass is 16.1. The number of carbonyl (C=O) groups excluding carboxylic acids is 1. The molecule has 1 amide bonds. The van der Waals surface area contributed by atoms with E-state index in [2.05, 4.69) is 29.7 Å². The van der Waals surface area contributed by atoms with E-state index in [1.165, 1.54) is 0 Å². The van der Waals surface area contributed by atoms with Crippen molar-refractivity contribution in [2.45, 2.75) is 0 Å². The summed E-state index contributed by atoms with van der Waals surface area (Å²) in [5.74, 6) is 0.386. The number of amides is 1. The van der Waals surface area contributed by atoms with Gasteiger partial charge in [0.2, 0.25) is 5.95 Å². The van der Waals surface area contributed by atoms with Crippen LogP contribution in [-0.4, -0.2) is 61.6 Å². The first-order valence-corrected chi connectivity index (χ1v) is 9.77. The number of anilines is 3. The van der Waals surface area contributed by atoms with E-state index in [1.807, 2.05) is 22.8 Å². The van der Waals surface area contributed by atoms with Crippen molar-refractivity contribution in [3.63, 3.8) is 0 Å². The molecule has 11 heteroatoms. The molecule has 0 bridgehead atoms. The average Bonchev–Trinajstić information content (AvgIpc) is 3.24. The van der Waals surface area contributed by atoms with Crippen LogP contribution in [0.3, 0.4) is 0 Å². The smallest absolute Gasteiger partial charge is 0.267 e. The van der Waals surface area contributed by atoms with Gasteiger partial charge in [-0.05, 0) is 24.3 Å². The molecule has 4 aromatic rings. The number of fused-ring (bicyclic) bond motifs is 1. The van der Waals surface area contributed by atoms with Crippen LogP contribution < -0.4 is 21.3 Å². The molecule has 0 spiro atoms. The van der Waals surface area contributed by atoms with E-state index in [-0.39, 0.29) is 5.69 Å². The topological polar surface area (TPSA) is 145 Å². The number of primary amides is 1. The molecule has 156 valence electrons. The van der Waals surface area contributed by atoms with Crippen LogP contribution in [0.4, 0.5) is 17.5 Å². The van der Waals surface area contributed by atoms with E-state index >= 15 is 0 Å².